The van der Waals surface area contributed by atoms with Crippen molar-refractivity contribution in [2.45, 2.75) is 31.7 Å². The van der Waals surface area contributed by atoms with Gasteiger partial charge in [-0.05, 0) is 25.0 Å². The lowest BCUT2D eigenvalue weighted by Crippen LogP contribution is -2.17. The maximum atomic E-state index is 12.5. The van der Waals surface area contributed by atoms with Crippen molar-refractivity contribution < 1.29 is 4.79 Å². The summed E-state index contributed by atoms with van der Waals surface area (Å²) in [5.74, 6) is 1.30. The first-order valence-corrected chi connectivity index (χ1v) is 8.12. The normalized spacial score (nSPS) is 14.8. The van der Waals surface area contributed by atoms with Gasteiger partial charge in [-0.2, -0.15) is 10.2 Å². The van der Waals surface area contributed by atoms with Gasteiger partial charge in [0.15, 0.2) is 5.82 Å². The molecule has 1 aliphatic carbocycles. The highest BCUT2D eigenvalue weighted by molar-refractivity contribution is 6.04. The van der Waals surface area contributed by atoms with Crippen LogP contribution in [-0.2, 0) is 0 Å². The Bertz CT molecular complexity index is 815. The van der Waals surface area contributed by atoms with Crippen molar-refractivity contribution in [2.75, 3.05) is 5.32 Å². The molecule has 2 heterocycles. The average molecular weight is 322 g/mol. The van der Waals surface area contributed by atoms with Gasteiger partial charge in [0, 0.05) is 17.2 Å². The average Bonchev–Trinajstić information content (AvgIpc) is 3.36. The van der Waals surface area contributed by atoms with Gasteiger partial charge in [-0.25, -0.2) is 9.67 Å². The minimum Gasteiger partial charge on any atom is -0.307 e. The van der Waals surface area contributed by atoms with E-state index >= 15 is 0 Å². The standard InChI is InChI=1S/C17H18N6O/c24-17(13-7-5-12(6-8-13)16-18-11-19-22-16)21-15-9-10-20-23(15)14-3-1-2-4-14/h5-11,14H,1-4H2,(H,21,24)(H,18,19,22). The first kappa shape index (κ1) is 14.6. The Hall–Kier alpha value is -2.96. The summed E-state index contributed by atoms with van der Waals surface area (Å²) < 4.78 is 1.94. The number of nitrogens with one attached hydrogen (secondary N) is 2. The van der Waals surface area contributed by atoms with Crippen LogP contribution in [0.15, 0.2) is 42.9 Å². The third-order valence-electron chi connectivity index (χ3n) is 4.42. The van der Waals surface area contributed by atoms with Crippen molar-refractivity contribution >= 4 is 11.7 Å². The van der Waals surface area contributed by atoms with E-state index in [9.17, 15) is 4.79 Å². The summed E-state index contributed by atoms with van der Waals surface area (Å²) in [7, 11) is 0. The third-order valence-corrected chi connectivity index (χ3v) is 4.42. The zero-order chi connectivity index (χ0) is 16.4. The maximum Gasteiger partial charge on any atom is 0.256 e. The van der Waals surface area contributed by atoms with Crippen LogP contribution in [0.25, 0.3) is 11.4 Å². The van der Waals surface area contributed by atoms with Gasteiger partial charge in [0.2, 0.25) is 0 Å². The summed E-state index contributed by atoms with van der Waals surface area (Å²) in [4.78, 5) is 16.6. The van der Waals surface area contributed by atoms with E-state index in [1.54, 1.807) is 18.3 Å². The molecule has 0 bridgehead atoms. The second-order valence-corrected chi connectivity index (χ2v) is 5.96. The molecule has 7 nitrogen and oxygen atoms in total. The number of benzene rings is 1. The summed E-state index contributed by atoms with van der Waals surface area (Å²) >= 11 is 0. The number of anilines is 1. The molecule has 0 radical (unpaired) electrons. The van der Waals surface area contributed by atoms with Gasteiger partial charge in [-0.3, -0.25) is 9.89 Å². The zero-order valence-corrected chi connectivity index (χ0v) is 13.1. The number of rotatable bonds is 4. The van der Waals surface area contributed by atoms with Crippen LogP contribution in [0.3, 0.4) is 0 Å². The van der Waals surface area contributed by atoms with Crippen LogP contribution in [-0.4, -0.2) is 30.9 Å². The van der Waals surface area contributed by atoms with E-state index in [-0.39, 0.29) is 5.91 Å². The van der Waals surface area contributed by atoms with Crippen molar-refractivity contribution in [1.29, 1.82) is 0 Å². The topological polar surface area (TPSA) is 88.5 Å². The molecule has 1 saturated carbocycles. The SMILES string of the molecule is O=C(Nc1ccnn1C1CCCC1)c1ccc(-c2ncn[nH]2)cc1. The lowest BCUT2D eigenvalue weighted by atomic mass is 10.1. The van der Waals surface area contributed by atoms with Crippen LogP contribution >= 0.6 is 0 Å². The van der Waals surface area contributed by atoms with Gasteiger partial charge in [-0.15, -0.1) is 0 Å². The highest BCUT2D eigenvalue weighted by atomic mass is 16.1. The Labute approximate surface area is 139 Å². The van der Waals surface area contributed by atoms with Crippen molar-refractivity contribution in [3.05, 3.63) is 48.4 Å². The van der Waals surface area contributed by atoms with Gasteiger partial charge >= 0.3 is 0 Å². The first-order chi connectivity index (χ1) is 11.8. The highest BCUT2D eigenvalue weighted by Crippen LogP contribution is 2.31. The summed E-state index contributed by atoms with van der Waals surface area (Å²) in [5.41, 5.74) is 1.48. The fourth-order valence-electron chi connectivity index (χ4n) is 3.17. The minimum atomic E-state index is -0.140. The second kappa shape index (κ2) is 6.27. The van der Waals surface area contributed by atoms with E-state index < -0.39 is 0 Å². The Morgan fingerprint density at radius 3 is 2.67 bits per heavy atom. The van der Waals surface area contributed by atoms with E-state index in [0.717, 1.165) is 24.2 Å². The monoisotopic (exact) mass is 322 g/mol. The zero-order valence-electron chi connectivity index (χ0n) is 13.1. The van der Waals surface area contributed by atoms with E-state index in [0.29, 0.717) is 17.4 Å². The van der Waals surface area contributed by atoms with Crippen LogP contribution in [0.5, 0.6) is 0 Å². The van der Waals surface area contributed by atoms with Gasteiger partial charge < -0.3 is 5.32 Å². The lowest BCUT2D eigenvalue weighted by molar-refractivity contribution is 0.102. The number of hydrogen-bond donors (Lipinski definition) is 2. The summed E-state index contributed by atoms with van der Waals surface area (Å²) in [5, 5.41) is 14.0. The Balaban J connectivity index is 1.49. The fourth-order valence-corrected chi connectivity index (χ4v) is 3.17. The number of H-pyrrole nitrogens is 1. The van der Waals surface area contributed by atoms with E-state index in [2.05, 4.69) is 25.6 Å². The van der Waals surface area contributed by atoms with Crippen molar-refractivity contribution in [1.82, 2.24) is 25.0 Å². The number of amides is 1. The van der Waals surface area contributed by atoms with Crippen molar-refractivity contribution in [3.63, 3.8) is 0 Å². The Morgan fingerprint density at radius 2 is 1.96 bits per heavy atom. The molecule has 0 spiro atoms. The molecule has 0 atom stereocenters. The molecule has 2 N–H and O–H groups in total. The molecule has 0 unspecified atom stereocenters. The number of aromatic nitrogens is 5. The van der Waals surface area contributed by atoms with E-state index in [1.165, 1.54) is 19.2 Å². The minimum absolute atomic E-state index is 0.140. The van der Waals surface area contributed by atoms with Crippen LogP contribution < -0.4 is 5.32 Å². The Morgan fingerprint density at radius 1 is 1.17 bits per heavy atom. The molecule has 1 aromatic carbocycles. The summed E-state index contributed by atoms with van der Waals surface area (Å²) in [6.07, 6.45) is 7.88. The Kier molecular flexibility index (Phi) is 3.82. The third kappa shape index (κ3) is 2.80. The van der Waals surface area contributed by atoms with Crippen LogP contribution in [0, 0.1) is 0 Å². The molecule has 4 rings (SSSR count). The molecule has 1 fully saturated rings. The van der Waals surface area contributed by atoms with E-state index in [4.69, 9.17) is 0 Å². The summed E-state index contributed by atoms with van der Waals surface area (Å²) in [6.45, 7) is 0. The fraction of sp³-hybridized carbons (Fsp3) is 0.294. The highest BCUT2D eigenvalue weighted by Gasteiger charge is 2.20. The molecular weight excluding hydrogens is 304 g/mol. The number of nitrogens with zero attached hydrogens (tertiary/aromatic N) is 4. The molecule has 24 heavy (non-hydrogen) atoms. The molecule has 0 aliphatic heterocycles. The summed E-state index contributed by atoms with van der Waals surface area (Å²) in [6, 6.07) is 9.50. The number of carbonyl (C=O) groups is 1. The van der Waals surface area contributed by atoms with Gasteiger partial charge in [0.25, 0.3) is 5.91 Å². The van der Waals surface area contributed by atoms with E-state index in [1.807, 2.05) is 22.9 Å². The molecule has 7 heteroatoms. The molecule has 122 valence electrons. The largest absolute Gasteiger partial charge is 0.307 e. The predicted octanol–water partition coefficient (Wildman–Crippen LogP) is 3.04. The second-order valence-electron chi connectivity index (χ2n) is 5.96. The van der Waals surface area contributed by atoms with Crippen molar-refractivity contribution in [2.24, 2.45) is 0 Å². The van der Waals surface area contributed by atoms with Gasteiger partial charge in [0.05, 0.1) is 12.2 Å². The molecule has 1 amide bonds. The smallest absolute Gasteiger partial charge is 0.256 e. The van der Waals surface area contributed by atoms with Crippen LogP contribution in [0.4, 0.5) is 5.82 Å². The quantitative estimate of drug-likeness (QED) is 0.772. The molecule has 0 saturated heterocycles. The molecule has 2 aromatic heterocycles. The number of carbonyl (C=O) groups excluding carboxylic acids is 1. The van der Waals surface area contributed by atoms with Crippen LogP contribution in [0.1, 0.15) is 42.1 Å². The predicted molar refractivity (Wildman–Crippen MR) is 89.5 cm³/mol. The molecule has 3 aromatic rings. The number of aromatic amines is 1. The molecular formula is C17H18N6O. The van der Waals surface area contributed by atoms with Gasteiger partial charge in [-0.1, -0.05) is 25.0 Å². The maximum absolute atomic E-state index is 12.5. The number of hydrogen-bond acceptors (Lipinski definition) is 4. The lowest BCUT2D eigenvalue weighted by Gasteiger charge is -2.14. The van der Waals surface area contributed by atoms with Crippen molar-refractivity contribution in [3.8, 4) is 11.4 Å². The molecule has 1 aliphatic rings. The van der Waals surface area contributed by atoms with Crippen LogP contribution in [0.2, 0.25) is 0 Å². The van der Waals surface area contributed by atoms with Gasteiger partial charge in [0.1, 0.15) is 12.1 Å². The first-order valence-electron chi connectivity index (χ1n) is 8.12.